The van der Waals surface area contributed by atoms with Gasteiger partial charge in [0.1, 0.15) is 29.5 Å². The van der Waals surface area contributed by atoms with Gasteiger partial charge >= 0.3 is 12.1 Å². The molecule has 0 radical (unpaired) electrons. The number of nitrogens with two attached hydrogens (primary N) is 1. The fraction of sp³-hybridized carbons (Fsp3) is 0.744. The van der Waals surface area contributed by atoms with Gasteiger partial charge in [0.25, 0.3) is 0 Å². The molecule has 17 heteroatoms. The molecule has 3 fully saturated rings. The number of aliphatic hydroxyl groups is 1. The van der Waals surface area contributed by atoms with Crippen LogP contribution in [0.25, 0.3) is 11.3 Å². The molecule has 2 aromatic rings. The summed E-state index contributed by atoms with van der Waals surface area (Å²) in [5, 5.41) is 23.3. The number of rotatable bonds is 11. The zero-order chi connectivity index (χ0) is 44.3. The van der Waals surface area contributed by atoms with Crippen molar-refractivity contribution in [2.45, 2.75) is 160 Å². The van der Waals surface area contributed by atoms with Gasteiger partial charge in [-0.2, -0.15) is 0 Å². The fourth-order valence-electron chi connectivity index (χ4n) is 9.44. The SMILES string of the molecule is CC[C@H]1OC(=O)[C@H](C)C(=O)[C@@H](C)[C@@H](O[C@@H]2OC(C)CC(N(C)C)C2O)[C@](C)(OC)CC(C)(F)CN[C@H](C)[C@H]2N(CCCCn3cc(-c4cccc(N)c4)nn3)C(=O)O[C@]12C. The number of fused-ring (bicyclic) bond motifs is 1. The van der Waals surface area contributed by atoms with Crippen LogP contribution in [0.4, 0.5) is 14.9 Å². The van der Waals surface area contributed by atoms with Crippen LogP contribution in [0.15, 0.2) is 30.5 Å². The monoisotopic (exact) mass is 846 g/mol. The molecule has 4 unspecified atom stereocenters. The third kappa shape index (κ3) is 10.3. The summed E-state index contributed by atoms with van der Waals surface area (Å²) in [5.74, 6) is -3.64. The number of halogens is 1. The van der Waals surface area contributed by atoms with Gasteiger partial charge in [-0.05, 0) is 93.5 Å². The number of esters is 1. The van der Waals surface area contributed by atoms with Crippen molar-refractivity contribution in [3.8, 4) is 11.3 Å². The number of nitrogens with one attached hydrogen (secondary N) is 1. The molecule has 3 saturated heterocycles. The molecular weight excluding hydrogens is 778 g/mol. The number of carbonyl (C=O) groups excluding carboxylic acids is 3. The van der Waals surface area contributed by atoms with Crippen molar-refractivity contribution in [1.82, 2.24) is 30.1 Å². The lowest BCUT2D eigenvalue weighted by molar-refractivity contribution is -0.296. The number of unbranched alkanes of at least 4 members (excludes halogenated alkanes) is 1. The van der Waals surface area contributed by atoms with Gasteiger partial charge in [0, 0.05) is 62.4 Å². The average molecular weight is 846 g/mol. The number of hydrogen-bond acceptors (Lipinski definition) is 14. The molecular formula is C43H68FN7O9. The van der Waals surface area contributed by atoms with E-state index in [4.69, 9.17) is 29.4 Å². The van der Waals surface area contributed by atoms with Crippen LogP contribution in [0.2, 0.25) is 0 Å². The molecule has 13 atom stereocenters. The molecule has 16 nitrogen and oxygen atoms in total. The summed E-state index contributed by atoms with van der Waals surface area (Å²) in [5.41, 5.74) is 3.35. The van der Waals surface area contributed by atoms with Crippen molar-refractivity contribution in [2.75, 3.05) is 40.0 Å². The molecule has 5 rings (SSSR count). The first kappa shape index (κ1) is 47.3. The van der Waals surface area contributed by atoms with Crippen LogP contribution < -0.4 is 11.1 Å². The van der Waals surface area contributed by atoms with Crippen molar-refractivity contribution in [3.63, 3.8) is 0 Å². The van der Waals surface area contributed by atoms with Crippen LogP contribution in [-0.2, 0) is 39.8 Å². The summed E-state index contributed by atoms with van der Waals surface area (Å²) in [4.78, 5) is 45.7. The maximum absolute atomic E-state index is 17.1. The largest absolute Gasteiger partial charge is 0.458 e. The number of carbonyl (C=O) groups is 3. The first-order valence-corrected chi connectivity index (χ1v) is 21.3. The Morgan fingerprint density at radius 1 is 1.10 bits per heavy atom. The number of nitrogens with zero attached hydrogens (tertiary/aromatic N) is 5. The van der Waals surface area contributed by atoms with Crippen LogP contribution in [-0.4, -0.2) is 148 Å². The molecule has 0 saturated carbocycles. The number of aryl methyl sites for hydroxylation is 1. The Kier molecular flexibility index (Phi) is 15.1. The van der Waals surface area contributed by atoms with E-state index in [1.54, 1.807) is 36.4 Å². The average Bonchev–Trinajstić information content (AvgIpc) is 3.77. The fourth-order valence-corrected chi connectivity index (χ4v) is 9.44. The number of ether oxygens (including phenoxy) is 5. The second kappa shape index (κ2) is 19.1. The Labute approximate surface area is 353 Å². The Morgan fingerprint density at radius 3 is 2.45 bits per heavy atom. The van der Waals surface area contributed by atoms with E-state index in [0.717, 1.165) is 5.56 Å². The van der Waals surface area contributed by atoms with Gasteiger partial charge in [-0.3, -0.25) is 19.2 Å². The highest BCUT2D eigenvalue weighted by atomic mass is 19.1. The van der Waals surface area contributed by atoms with Crippen LogP contribution in [0.1, 0.15) is 87.5 Å². The van der Waals surface area contributed by atoms with Crippen LogP contribution in [0, 0.1) is 11.8 Å². The molecule has 1 amide bonds. The van der Waals surface area contributed by atoms with E-state index in [1.807, 2.05) is 64.2 Å². The Morgan fingerprint density at radius 2 is 1.80 bits per heavy atom. The summed E-state index contributed by atoms with van der Waals surface area (Å²) in [6.45, 7) is 14.1. The molecule has 1 aromatic heterocycles. The number of aliphatic hydroxyl groups excluding tert-OH is 1. The maximum atomic E-state index is 17.1. The molecule has 4 N–H and O–H groups in total. The van der Waals surface area contributed by atoms with Crippen LogP contribution >= 0.6 is 0 Å². The van der Waals surface area contributed by atoms with Gasteiger partial charge in [-0.15, -0.1) is 5.10 Å². The minimum atomic E-state index is -1.95. The second-order valence-corrected chi connectivity index (χ2v) is 18.0. The van der Waals surface area contributed by atoms with Crippen LogP contribution in [0.3, 0.4) is 0 Å². The smallest absolute Gasteiger partial charge is 0.410 e. The normalized spacial score (nSPS) is 37.3. The van der Waals surface area contributed by atoms with Crippen molar-refractivity contribution in [2.24, 2.45) is 11.8 Å². The number of alkyl halides is 1. The third-order valence-corrected chi connectivity index (χ3v) is 12.8. The molecule has 60 heavy (non-hydrogen) atoms. The molecule has 4 heterocycles. The lowest BCUT2D eigenvalue weighted by Crippen LogP contribution is -2.62. The van der Waals surface area contributed by atoms with Crippen molar-refractivity contribution >= 4 is 23.5 Å². The summed E-state index contributed by atoms with van der Waals surface area (Å²) in [6, 6.07) is 5.85. The summed E-state index contributed by atoms with van der Waals surface area (Å²) < 4.78 is 49.9. The highest BCUT2D eigenvalue weighted by Crippen LogP contribution is 2.41. The minimum absolute atomic E-state index is 0.173. The van der Waals surface area contributed by atoms with Gasteiger partial charge in [0.15, 0.2) is 17.7 Å². The number of likely N-dealkylation sites (N-methyl/N-ethyl adjacent to an activating group) is 1. The molecule has 1 aromatic carbocycles. The predicted molar refractivity (Wildman–Crippen MR) is 222 cm³/mol. The molecule has 0 bridgehead atoms. The van der Waals surface area contributed by atoms with E-state index in [2.05, 4.69) is 15.6 Å². The quantitative estimate of drug-likeness (QED) is 0.125. The lowest BCUT2D eigenvalue weighted by atomic mass is 9.77. The maximum Gasteiger partial charge on any atom is 0.410 e. The zero-order valence-corrected chi connectivity index (χ0v) is 37.2. The number of Topliss-reactive ketones (excluding diaryl/α,β-unsaturated/α-hetero) is 1. The molecule has 0 spiro atoms. The van der Waals surface area contributed by atoms with Gasteiger partial charge in [-0.1, -0.05) is 31.2 Å². The first-order valence-electron chi connectivity index (χ1n) is 21.3. The predicted octanol–water partition coefficient (Wildman–Crippen LogP) is 4.38. The number of nitrogen functional groups attached to an aromatic ring is 1. The van der Waals surface area contributed by atoms with E-state index in [1.165, 1.54) is 21.0 Å². The van der Waals surface area contributed by atoms with E-state index in [0.29, 0.717) is 43.7 Å². The van der Waals surface area contributed by atoms with E-state index in [9.17, 15) is 19.5 Å². The number of methoxy groups -OCH3 is 1. The minimum Gasteiger partial charge on any atom is -0.458 e. The number of amides is 1. The standard InChI is InChI=1S/C43H68FN7O9/c1-12-33-43(8)36(51(40(55)60-43)19-14-13-18-50-22-31(47-48-50)29-16-15-17-30(45)21-29)28(5)46-24-41(6,44)23-42(7,56-11)37(26(3)34(52)27(4)38(54)58-33)59-39-35(53)32(49(9)10)20-25(2)57-39/h15-17,21-22,25-28,32-33,35-37,39,46,53H,12-14,18-20,23-24,45H2,1-11H3/t25?,26-,27-,28-,32?,33-,35?,36-,37-,39+,41?,42-,43-/m1/s1. The number of anilines is 1. The van der Waals surface area contributed by atoms with Gasteiger partial charge in [0.05, 0.1) is 30.0 Å². The number of ketones is 1. The van der Waals surface area contributed by atoms with Crippen LogP contribution in [0.5, 0.6) is 0 Å². The van der Waals surface area contributed by atoms with Gasteiger partial charge in [0.2, 0.25) is 0 Å². The third-order valence-electron chi connectivity index (χ3n) is 12.8. The lowest BCUT2D eigenvalue weighted by Gasteiger charge is -2.47. The second-order valence-electron chi connectivity index (χ2n) is 18.0. The summed E-state index contributed by atoms with van der Waals surface area (Å²) in [7, 11) is 5.13. The molecule has 3 aliphatic heterocycles. The van der Waals surface area contributed by atoms with Crippen molar-refractivity contribution in [3.05, 3.63) is 30.5 Å². The Hall–Kier alpha value is -3.74. The zero-order valence-electron chi connectivity index (χ0n) is 37.2. The topological polar surface area (TPSA) is 193 Å². The summed E-state index contributed by atoms with van der Waals surface area (Å²) >= 11 is 0. The highest BCUT2D eigenvalue weighted by Gasteiger charge is 2.59. The molecule has 0 aliphatic carbocycles. The molecule has 3 aliphatic rings. The van der Waals surface area contributed by atoms with E-state index >= 15 is 4.39 Å². The Bertz CT molecular complexity index is 1800. The van der Waals surface area contributed by atoms with E-state index < -0.39 is 83.2 Å². The van der Waals surface area contributed by atoms with Crippen molar-refractivity contribution < 1.29 is 47.6 Å². The summed E-state index contributed by atoms with van der Waals surface area (Å²) in [6.07, 6.45) is -1.61. The van der Waals surface area contributed by atoms with Gasteiger partial charge < -0.3 is 44.7 Å². The van der Waals surface area contributed by atoms with E-state index in [-0.39, 0.29) is 31.5 Å². The van der Waals surface area contributed by atoms with Gasteiger partial charge in [-0.25, -0.2) is 9.18 Å². The number of benzene rings is 1. The number of cyclic esters (lactones) is 1. The highest BCUT2D eigenvalue weighted by molar-refractivity contribution is 6.00. The molecule has 336 valence electrons. The Balaban J connectivity index is 1.40. The first-order chi connectivity index (χ1) is 28.1. The number of aromatic nitrogens is 3. The van der Waals surface area contributed by atoms with Crippen molar-refractivity contribution in [1.29, 1.82) is 0 Å². The number of hydrogen-bond donors (Lipinski definition) is 3.